The molecule has 0 aliphatic rings. The second-order valence-corrected chi connectivity index (χ2v) is 5.23. The van der Waals surface area contributed by atoms with Crippen molar-refractivity contribution in [1.82, 2.24) is 0 Å². The lowest BCUT2D eigenvalue weighted by atomic mass is 10.0. The summed E-state index contributed by atoms with van der Waals surface area (Å²) in [4.78, 5) is 11.2. The van der Waals surface area contributed by atoms with Crippen molar-refractivity contribution in [3.8, 4) is 5.75 Å². The van der Waals surface area contributed by atoms with E-state index in [0.29, 0.717) is 21.9 Å². The summed E-state index contributed by atoms with van der Waals surface area (Å²) in [6.07, 6.45) is 0. The summed E-state index contributed by atoms with van der Waals surface area (Å²) in [5.41, 5.74) is 18.6. The second kappa shape index (κ2) is 7.47. The smallest absolute Gasteiger partial charge is 0.308 e. The molecule has 0 aliphatic heterocycles. The zero-order valence-corrected chi connectivity index (χ0v) is 13.6. The first kappa shape index (κ1) is 17.3. The van der Waals surface area contributed by atoms with Gasteiger partial charge < -0.3 is 21.9 Å². The second-order valence-electron chi connectivity index (χ2n) is 4.80. The molecular weight excluding hydrogens is 330 g/mol. The Morgan fingerprint density at radius 3 is 2.38 bits per heavy atom. The minimum absolute atomic E-state index is 0.137. The fourth-order valence-electron chi connectivity index (χ4n) is 2.00. The summed E-state index contributed by atoms with van der Waals surface area (Å²) in [5, 5.41) is 8.08. The largest absolute Gasteiger partial charge is 0.424 e. The van der Waals surface area contributed by atoms with E-state index >= 15 is 0 Å². The normalized spacial score (nSPS) is 11.0. The van der Waals surface area contributed by atoms with Gasteiger partial charge in [-0.2, -0.15) is 0 Å². The van der Waals surface area contributed by atoms with Gasteiger partial charge in [0.25, 0.3) is 0 Å². The molecule has 2 aromatic rings. The van der Waals surface area contributed by atoms with Crippen LogP contribution in [0, 0.1) is 0 Å². The number of benzene rings is 2. The molecule has 0 aliphatic carbocycles. The van der Waals surface area contributed by atoms with Crippen molar-refractivity contribution >= 4 is 34.9 Å². The molecule has 24 heavy (non-hydrogen) atoms. The Bertz CT molecular complexity index is 815. The third kappa shape index (κ3) is 4.23. The van der Waals surface area contributed by atoms with E-state index in [2.05, 4.69) is 10.2 Å². The highest BCUT2D eigenvalue weighted by Gasteiger charge is 2.17. The van der Waals surface area contributed by atoms with Gasteiger partial charge in [-0.3, -0.25) is 4.79 Å². The third-order valence-electron chi connectivity index (χ3n) is 2.93. The number of nitrogens with two attached hydrogens (primary N) is 3. The van der Waals surface area contributed by atoms with Gasteiger partial charge in [-0.05, 0) is 6.07 Å². The van der Waals surface area contributed by atoms with Gasteiger partial charge >= 0.3 is 5.97 Å². The number of esters is 1. The molecule has 0 heterocycles. The van der Waals surface area contributed by atoms with Crippen LogP contribution in [-0.4, -0.2) is 17.6 Å². The van der Waals surface area contributed by atoms with Crippen molar-refractivity contribution < 1.29 is 9.53 Å². The summed E-state index contributed by atoms with van der Waals surface area (Å²) in [5.74, 6) is -0.583. The third-order valence-corrected chi connectivity index (χ3v) is 3.15. The monoisotopic (exact) mass is 345 g/mol. The Kier molecular flexibility index (Phi) is 5.39. The molecule has 0 radical (unpaired) electrons. The van der Waals surface area contributed by atoms with Gasteiger partial charge in [-0.1, -0.05) is 41.9 Å². The fraction of sp³-hybridized carbons (Fsp3) is 0.0625. The lowest BCUT2D eigenvalue weighted by molar-refractivity contribution is -0.131. The van der Waals surface area contributed by atoms with Crippen LogP contribution in [0.1, 0.15) is 18.1 Å². The van der Waals surface area contributed by atoms with Crippen LogP contribution in [0.25, 0.3) is 0 Å². The molecule has 0 unspecified atom stereocenters. The van der Waals surface area contributed by atoms with Crippen molar-refractivity contribution in [3.05, 3.63) is 58.6 Å². The highest BCUT2D eigenvalue weighted by molar-refractivity contribution is 6.32. The molecule has 0 fully saturated rings. The van der Waals surface area contributed by atoms with Crippen LogP contribution in [0.15, 0.2) is 52.7 Å². The van der Waals surface area contributed by atoms with Crippen LogP contribution in [0.3, 0.4) is 0 Å². The Morgan fingerprint density at radius 2 is 1.79 bits per heavy atom. The number of rotatable bonds is 4. The molecule has 6 N–H and O–H groups in total. The number of guanidine groups is 1. The molecule has 0 bridgehead atoms. The van der Waals surface area contributed by atoms with E-state index in [-0.39, 0.29) is 17.4 Å². The summed E-state index contributed by atoms with van der Waals surface area (Å²) >= 11 is 6.11. The predicted octanol–water partition coefficient (Wildman–Crippen LogP) is 1.87. The number of carbonyl (C=O) groups excluding carboxylic acids is 1. The molecule has 7 nitrogen and oxygen atoms in total. The van der Waals surface area contributed by atoms with Crippen molar-refractivity contribution in [2.45, 2.75) is 6.92 Å². The van der Waals surface area contributed by atoms with E-state index in [1.807, 2.05) is 30.3 Å². The number of nitrogens with zero attached hydrogens (tertiary/aromatic N) is 2. The minimum Gasteiger partial charge on any atom is -0.424 e. The molecule has 2 rings (SSSR count). The first-order chi connectivity index (χ1) is 11.4. The average molecular weight is 346 g/mol. The van der Waals surface area contributed by atoms with Crippen LogP contribution < -0.4 is 21.9 Å². The quantitative estimate of drug-likeness (QED) is 0.194. The Hall–Kier alpha value is -3.06. The van der Waals surface area contributed by atoms with E-state index in [9.17, 15) is 4.79 Å². The SMILES string of the molecule is CC(=O)Oc1cc(Cl)cc(/C(=N/N=C(N)N)c2ccccc2)c1N. The fourth-order valence-corrected chi connectivity index (χ4v) is 2.21. The van der Waals surface area contributed by atoms with Crippen LogP contribution in [-0.2, 0) is 4.79 Å². The number of anilines is 1. The maximum Gasteiger partial charge on any atom is 0.308 e. The molecule has 8 heteroatoms. The van der Waals surface area contributed by atoms with Gasteiger partial charge in [0.2, 0.25) is 5.96 Å². The topological polar surface area (TPSA) is 129 Å². The highest BCUT2D eigenvalue weighted by Crippen LogP contribution is 2.32. The number of ether oxygens (including phenoxy) is 1. The van der Waals surface area contributed by atoms with Crippen LogP contribution in [0.5, 0.6) is 5.75 Å². The minimum atomic E-state index is -0.516. The molecule has 0 spiro atoms. The van der Waals surface area contributed by atoms with E-state index in [1.165, 1.54) is 13.0 Å². The summed E-state index contributed by atoms with van der Waals surface area (Å²) in [6.45, 7) is 1.27. The molecule has 0 amide bonds. The molecule has 0 saturated carbocycles. The number of hydrogen-bond acceptors (Lipinski definition) is 5. The molecule has 124 valence electrons. The zero-order chi connectivity index (χ0) is 17.7. The van der Waals surface area contributed by atoms with Crippen LogP contribution in [0.2, 0.25) is 5.02 Å². The van der Waals surface area contributed by atoms with Crippen molar-refractivity contribution in [3.63, 3.8) is 0 Å². The number of halogens is 1. The van der Waals surface area contributed by atoms with Gasteiger partial charge in [-0.15, -0.1) is 10.2 Å². The summed E-state index contributed by atoms with van der Waals surface area (Å²) in [6, 6.07) is 12.2. The van der Waals surface area contributed by atoms with E-state index in [1.54, 1.807) is 6.07 Å². The molecular formula is C16H16ClN5O2. The van der Waals surface area contributed by atoms with Gasteiger partial charge in [0.1, 0.15) is 5.71 Å². The van der Waals surface area contributed by atoms with E-state index in [4.69, 9.17) is 33.5 Å². The van der Waals surface area contributed by atoms with Crippen LogP contribution in [0.4, 0.5) is 5.69 Å². The first-order valence-corrected chi connectivity index (χ1v) is 7.26. The number of hydrogen-bond donors (Lipinski definition) is 3. The standard InChI is InChI=1S/C16H16ClN5O2/c1-9(23)24-13-8-11(17)7-12(14(13)18)15(21-22-16(19)20)10-5-3-2-4-6-10/h2-8H,18H2,1H3,(H4,19,20,22)/b21-15+. The predicted molar refractivity (Wildman–Crippen MR) is 95.1 cm³/mol. The maximum atomic E-state index is 11.2. The summed E-state index contributed by atoms with van der Waals surface area (Å²) < 4.78 is 5.09. The van der Waals surface area contributed by atoms with Gasteiger partial charge in [0.15, 0.2) is 5.75 Å². The Morgan fingerprint density at radius 1 is 1.12 bits per heavy atom. The van der Waals surface area contributed by atoms with Crippen molar-refractivity contribution in [1.29, 1.82) is 0 Å². The molecule has 0 atom stereocenters. The van der Waals surface area contributed by atoms with Gasteiger partial charge in [0.05, 0.1) is 5.69 Å². The molecule has 0 aromatic heterocycles. The van der Waals surface area contributed by atoms with Crippen LogP contribution >= 0.6 is 11.6 Å². The van der Waals surface area contributed by atoms with Crippen molar-refractivity contribution in [2.75, 3.05) is 5.73 Å². The van der Waals surface area contributed by atoms with E-state index < -0.39 is 5.97 Å². The highest BCUT2D eigenvalue weighted by atomic mass is 35.5. The lowest BCUT2D eigenvalue weighted by Crippen LogP contribution is -2.22. The molecule has 0 saturated heterocycles. The number of nitrogen functional groups attached to an aromatic ring is 1. The average Bonchev–Trinajstić information content (AvgIpc) is 2.52. The first-order valence-electron chi connectivity index (χ1n) is 6.88. The summed E-state index contributed by atoms with van der Waals surface area (Å²) in [7, 11) is 0. The zero-order valence-electron chi connectivity index (χ0n) is 12.9. The van der Waals surface area contributed by atoms with Gasteiger partial charge in [-0.25, -0.2) is 0 Å². The Labute approximate surface area is 143 Å². The lowest BCUT2D eigenvalue weighted by Gasteiger charge is -2.13. The number of carbonyl (C=O) groups is 1. The van der Waals surface area contributed by atoms with Crippen molar-refractivity contribution in [2.24, 2.45) is 21.7 Å². The van der Waals surface area contributed by atoms with E-state index in [0.717, 1.165) is 0 Å². The Balaban J connectivity index is 2.67. The molecule has 2 aromatic carbocycles. The van der Waals surface area contributed by atoms with Gasteiger partial charge in [0, 0.05) is 29.1 Å². The maximum absolute atomic E-state index is 11.2.